The predicted octanol–water partition coefficient (Wildman–Crippen LogP) is 4.22. The predicted molar refractivity (Wildman–Crippen MR) is 96.7 cm³/mol. The molecule has 2 aromatic carbocycles. The Morgan fingerprint density at radius 3 is 2.58 bits per heavy atom. The maximum Gasteiger partial charge on any atom is 0.147 e. The van der Waals surface area contributed by atoms with Gasteiger partial charge in [0.15, 0.2) is 0 Å². The van der Waals surface area contributed by atoms with E-state index in [-0.39, 0.29) is 5.82 Å². The van der Waals surface area contributed by atoms with Crippen LogP contribution in [0.25, 0.3) is 22.0 Å². The number of halogens is 1. The number of nitrogens with one attached hydrogen (secondary N) is 1. The molecule has 0 fully saturated rings. The average Bonchev–Trinajstić information content (AvgIpc) is 3.01. The highest BCUT2D eigenvalue weighted by Crippen LogP contribution is 2.34. The van der Waals surface area contributed by atoms with Crippen LogP contribution >= 0.6 is 0 Å². The van der Waals surface area contributed by atoms with E-state index >= 15 is 0 Å². The molecule has 0 saturated heterocycles. The van der Waals surface area contributed by atoms with Crippen molar-refractivity contribution in [2.75, 3.05) is 27.7 Å². The lowest BCUT2D eigenvalue weighted by Crippen LogP contribution is -2.15. The number of H-pyrrole nitrogens is 1. The van der Waals surface area contributed by atoms with Gasteiger partial charge in [0.1, 0.15) is 5.82 Å². The first-order valence-corrected chi connectivity index (χ1v) is 8.12. The number of likely N-dealkylation sites (N-methyl/N-ethyl adjacent to an activating group) is 1. The zero-order valence-electron chi connectivity index (χ0n) is 14.4. The van der Waals surface area contributed by atoms with Crippen molar-refractivity contribution in [1.82, 2.24) is 9.88 Å². The molecule has 0 atom stereocenters. The Morgan fingerprint density at radius 1 is 1.17 bits per heavy atom. The molecule has 0 amide bonds. The average molecular weight is 326 g/mol. The zero-order valence-corrected chi connectivity index (χ0v) is 14.4. The summed E-state index contributed by atoms with van der Waals surface area (Å²) in [5.41, 5.74) is 4.63. The van der Waals surface area contributed by atoms with Crippen molar-refractivity contribution in [3.8, 4) is 11.1 Å². The van der Waals surface area contributed by atoms with Crippen LogP contribution in [0.4, 0.5) is 4.39 Å². The van der Waals surface area contributed by atoms with Crippen molar-refractivity contribution in [2.24, 2.45) is 0 Å². The van der Waals surface area contributed by atoms with E-state index in [0.29, 0.717) is 12.1 Å². The van der Waals surface area contributed by atoms with Gasteiger partial charge in [-0.05, 0) is 48.8 Å². The number of benzene rings is 2. The lowest BCUT2D eigenvalue weighted by Gasteiger charge is -2.14. The highest BCUT2D eigenvalue weighted by atomic mass is 19.1. The molecule has 0 radical (unpaired) electrons. The van der Waals surface area contributed by atoms with Gasteiger partial charge < -0.3 is 14.6 Å². The van der Waals surface area contributed by atoms with Crippen molar-refractivity contribution < 1.29 is 9.13 Å². The standard InChI is InChI=1S/C20H23FN2O/c1-23(2)10-9-15-12-22-20-18(21)11-16(14-7-5-4-6-8-14)17(13-24-3)19(15)20/h4-8,11-12,22H,9-10,13H2,1-3H3. The molecular weight excluding hydrogens is 303 g/mol. The Hall–Kier alpha value is -2.17. The van der Waals surface area contributed by atoms with Crippen LogP contribution in [0, 0.1) is 5.82 Å². The van der Waals surface area contributed by atoms with Gasteiger partial charge in [0.25, 0.3) is 0 Å². The maximum absolute atomic E-state index is 14.7. The fourth-order valence-electron chi connectivity index (χ4n) is 3.13. The van der Waals surface area contributed by atoms with Crippen LogP contribution in [-0.4, -0.2) is 37.6 Å². The van der Waals surface area contributed by atoms with Gasteiger partial charge in [-0.2, -0.15) is 0 Å². The van der Waals surface area contributed by atoms with E-state index in [1.807, 2.05) is 50.6 Å². The second-order valence-corrected chi connectivity index (χ2v) is 6.30. The van der Waals surface area contributed by atoms with E-state index in [4.69, 9.17) is 4.74 Å². The molecule has 1 aromatic heterocycles. The molecule has 126 valence electrons. The van der Waals surface area contributed by atoms with Crippen molar-refractivity contribution in [2.45, 2.75) is 13.0 Å². The van der Waals surface area contributed by atoms with Crippen molar-refractivity contribution in [1.29, 1.82) is 0 Å². The van der Waals surface area contributed by atoms with Gasteiger partial charge in [0.2, 0.25) is 0 Å². The summed E-state index contributed by atoms with van der Waals surface area (Å²) in [6.45, 7) is 1.37. The van der Waals surface area contributed by atoms with Crippen molar-refractivity contribution >= 4 is 10.9 Å². The molecule has 4 heteroatoms. The van der Waals surface area contributed by atoms with E-state index in [9.17, 15) is 4.39 Å². The zero-order chi connectivity index (χ0) is 17.1. The number of aromatic amines is 1. The number of ether oxygens (including phenoxy) is 1. The number of rotatable bonds is 6. The lowest BCUT2D eigenvalue weighted by molar-refractivity contribution is 0.186. The van der Waals surface area contributed by atoms with Crippen LogP contribution in [0.3, 0.4) is 0 Å². The number of methoxy groups -OCH3 is 1. The Morgan fingerprint density at radius 2 is 1.92 bits per heavy atom. The Bertz CT molecular complexity index is 825. The fourth-order valence-corrected chi connectivity index (χ4v) is 3.13. The Labute approximate surface area is 142 Å². The normalized spacial score (nSPS) is 11.5. The summed E-state index contributed by atoms with van der Waals surface area (Å²) in [7, 11) is 5.76. The summed E-state index contributed by atoms with van der Waals surface area (Å²) in [5, 5.41) is 0.956. The summed E-state index contributed by atoms with van der Waals surface area (Å²) in [5.74, 6) is -0.222. The minimum absolute atomic E-state index is 0.222. The number of hydrogen-bond acceptors (Lipinski definition) is 2. The molecule has 3 nitrogen and oxygen atoms in total. The van der Waals surface area contributed by atoms with Crippen molar-refractivity contribution in [3.63, 3.8) is 0 Å². The first-order valence-electron chi connectivity index (χ1n) is 8.12. The second kappa shape index (κ2) is 7.16. The molecule has 0 bridgehead atoms. The molecular formula is C20H23FN2O. The van der Waals surface area contributed by atoms with Gasteiger partial charge in [-0.3, -0.25) is 0 Å². The molecule has 0 aliphatic heterocycles. The highest BCUT2D eigenvalue weighted by Gasteiger charge is 2.18. The van der Waals surface area contributed by atoms with Crippen LogP contribution in [0.1, 0.15) is 11.1 Å². The minimum atomic E-state index is -0.222. The van der Waals surface area contributed by atoms with E-state index in [2.05, 4.69) is 9.88 Å². The molecule has 0 aliphatic carbocycles. The van der Waals surface area contributed by atoms with E-state index in [1.165, 1.54) is 0 Å². The molecule has 0 saturated carbocycles. The van der Waals surface area contributed by atoms with Crippen LogP contribution in [0.2, 0.25) is 0 Å². The fraction of sp³-hybridized carbons (Fsp3) is 0.300. The largest absolute Gasteiger partial charge is 0.380 e. The first kappa shape index (κ1) is 16.7. The smallest absolute Gasteiger partial charge is 0.147 e. The van der Waals surface area contributed by atoms with Crippen molar-refractivity contribution in [3.05, 3.63) is 59.5 Å². The number of fused-ring (bicyclic) bond motifs is 1. The summed E-state index contributed by atoms with van der Waals surface area (Å²) in [4.78, 5) is 5.24. The Kier molecular flexibility index (Phi) is 4.97. The van der Waals surface area contributed by atoms with Gasteiger partial charge in [0, 0.05) is 25.2 Å². The second-order valence-electron chi connectivity index (χ2n) is 6.30. The highest BCUT2D eigenvalue weighted by molar-refractivity contribution is 5.93. The van der Waals surface area contributed by atoms with Gasteiger partial charge in [0.05, 0.1) is 12.1 Å². The first-order chi connectivity index (χ1) is 11.6. The number of hydrogen-bond donors (Lipinski definition) is 1. The molecule has 24 heavy (non-hydrogen) atoms. The maximum atomic E-state index is 14.7. The summed E-state index contributed by atoms with van der Waals surface area (Å²) in [6, 6.07) is 11.5. The minimum Gasteiger partial charge on any atom is -0.380 e. The quantitative estimate of drug-likeness (QED) is 0.734. The van der Waals surface area contributed by atoms with Gasteiger partial charge in [-0.15, -0.1) is 0 Å². The van der Waals surface area contributed by atoms with Gasteiger partial charge in [-0.25, -0.2) is 4.39 Å². The third-order valence-corrected chi connectivity index (χ3v) is 4.30. The van der Waals surface area contributed by atoms with E-state index < -0.39 is 0 Å². The summed E-state index contributed by atoms with van der Waals surface area (Å²) >= 11 is 0. The molecule has 1 N–H and O–H groups in total. The van der Waals surface area contributed by atoms with Crippen LogP contribution in [-0.2, 0) is 17.8 Å². The van der Waals surface area contributed by atoms with Crippen LogP contribution < -0.4 is 0 Å². The Balaban J connectivity index is 2.21. The third kappa shape index (κ3) is 3.21. The molecule has 0 unspecified atom stereocenters. The summed E-state index contributed by atoms with van der Waals surface area (Å²) in [6.07, 6.45) is 2.78. The SMILES string of the molecule is COCc1c(-c2ccccc2)cc(F)c2[nH]cc(CCN(C)C)c12. The van der Waals surface area contributed by atoms with E-state index in [1.54, 1.807) is 13.2 Å². The molecule has 0 aliphatic rings. The van der Waals surface area contributed by atoms with E-state index in [0.717, 1.165) is 40.6 Å². The summed E-state index contributed by atoms with van der Waals surface area (Å²) < 4.78 is 20.1. The number of nitrogens with zero attached hydrogens (tertiary/aromatic N) is 1. The molecule has 1 heterocycles. The number of aromatic nitrogens is 1. The molecule has 3 aromatic rings. The monoisotopic (exact) mass is 326 g/mol. The third-order valence-electron chi connectivity index (χ3n) is 4.30. The molecule has 3 rings (SSSR count). The topological polar surface area (TPSA) is 28.3 Å². The lowest BCUT2D eigenvalue weighted by atomic mass is 9.94. The van der Waals surface area contributed by atoms with Gasteiger partial charge in [-0.1, -0.05) is 30.3 Å². The van der Waals surface area contributed by atoms with Crippen LogP contribution in [0.15, 0.2) is 42.6 Å². The van der Waals surface area contributed by atoms with Gasteiger partial charge >= 0.3 is 0 Å². The molecule has 0 spiro atoms. The van der Waals surface area contributed by atoms with Crippen LogP contribution in [0.5, 0.6) is 0 Å².